The Morgan fingerprint density at radius 3 is 1.66 bits per heavy atom. The number of benzene rings is 3. The van der Waals surface area contributed by atoms with Gasteiger partial charge in [-0.1, -0.05) is 103 Å². The summed E-state index contributed by atoms with van der Waals surface area (Å²) in [5.74, 6) is -18.2. The predicted octanol–water partition coefficient (Wildman–Crippen LogP) is 11.2. The molecule has 0 fully saturated rings. The van der Waals surface area contributed by atoms with Gasteiger partial charge in [0.15, 0.2) is 5.75 Å². The molecule has 0 aromatic heterocycles. The van der Waals surface area contributed by atoms with Crippen LogP contribution in [-0.4, -0.2) is 55.0 Å². The number of amides is 1. The molecule has 0 aliphatic rings. The summed E-state index contributed by atoms with van der Waals surface area (Å²) in [5.41, 5.74) is -1.53. The lowest BCUT2D eigenvalue weighted by atomic mass is 10.0. The first kappa shape index (κ1) is 46.5. The molecular formula is C36H44F7N3O8S2. The number of nitrogens with one attached hydrogen (secondary N) is 1. The van der Waals surface area contributed by atoms with E-state index in [2.05, 4.69) is 17.2 Å². The number of carbonyl (C=O) groups excluding carboxylic acids is 1. The van der Waals surface area contributed by atoms with Gasteiger partial charge in [-0.05, 0) is 54.1 Å². The van der Waals surface area contributed by atoms with Gasteiger partial charge in [-0.3, -0.25) is 13.9 Å². The molecule has 0 radical (unpaired) electrons. The molecule has 0 atom stereocenters. The van der Waals surface area contributed by atoms with Crippen LogP contribution >= 0.6 is 0 Å². The highest BCUT2D eigenvalue weighted by Gasteiger charge is 2.76. The van der Waals surface area contributed by atoms with Crippen molar-refractivity contribution < 1.29 is 66.6 Å². The average Bonchev–Trinajstić information content (AvgIpc) is 3.10. The fourth-order valence-corrected chi connectivity index (χ4v) is 7.08. The van der Waals surface area contributed by atoms with Gasteiger partial charge in [0.25, 0.3) is 20.2 Å². The van der Waals surface area contributed by atoms with E-state index in [0.29, 0.717) is 12.1 Å². The zero-order valence-corrected chi connectivity index (χ0v) is 32.0. The lowest BCUT2D eigenvalue weighted by molar-refractivity contribution is -0.343. The van der Waals surface area contributed by atoms with Gasteiger partial charge in [0.2, 0.25) is 0 Å². The first-order chi connectivity index (χ1) is 26.0. The van der Waals surface area contributed by atoms with Crippen molar-refractivity contribution in [2.45, 2.75) is 131 Å². The summed E-state index contributed by atoms with van der Waals surface area (Å²) in [5, 5.41) is 17.5. The molecule has 0 saturated carbocycles. The molecule has 0 aliphatic heterocycles. The van der Waals surface area contributed by atoms with Crippen LogP contribution in [0.4, 0.5) is 47.8 Å². The number of phenols is 1. The molecule has 0 bridgehead atoms. The third-order valence-electron chi connectivity index (χ3n) is 9.00. The van der Waals surface area contributed by atoms with E-state index in [1.165, 1.54) is 76.3 Å². The third kappa shape index (κ3) is 12.3. The molecule has 0 spiro atoms. The van der Waals surface area contributed by atoms with Gasteiger partial charge in [-0.25, -0.2) is 0 Å². The lowest BCUT2D eigenvalue weighted by Crippen LogP contribution is -2.57. The van der Waals surface area contributed by atoms with Crippen LogP contribution in [0.25, 0.3) is 10.8 Å². The number of nitrogens with zero attached hydrogens (tertiary/aromatic N) is 2. The minimum atomic E-state index is -6.94. The molecule has 20 heteroatoms. The number of hydrogen-bond donors (Lipinski definition) is 4. The van der Waals surface area contributed by atoms with Crippen molar-refractivity contribution in [1.82, 2.24) is 0 Å². The maximum absolute atomic E-state index is 14.2. The number of alkyl halides is 7. The number of carbonyl (C=O) groups is 1. The summed E-state index contributed by atoms with van der Waals surface area (Å²) < 4.78 is 161. The van der Waals surface area contributed by atoms with Gasteiger partial charge < -0.3 is 10.4 Å². The van der Waals surface area contributed by atoms with Crippen LogP contribution in [0.2, 0.25) is 0 Å². The Morgan fingerprint density at radius 2 is 1.20 bits per heavy atom. The number of azo groups is 1. The summed E-state index contributed by atoms with van der Waals surface area (Å²) in [6, 6.07) is 7.26. The molecule has 1 amide bonds. The largest absolute Gasteiger partial charge is 0.505 e. The van der Waals surface area contributed by atoms with Crippen LogP contribution in [0, 0.1) is 0 Å². The van der Waals surface area contributed by atoms with Gasteiger partial charge in [-0.15, -0.1) is 5.11 Å². The molecule has 0 unspecified atom stereocenters. The number of anilines is 1. The second kappa shape index (κ2) is 19.5. The van der Waals surface area contributed by atoms with Gasteiger partial charge >= 0.3 is 23.9 Å². The number of rotatable bonds is 22. The van der Waals surface area contributed by atoms with Crippen molar-refractivity contribution >= 4 is 54.0 Å². The van der Waals surface area contributed by atoms with Gasteiger partial charge in [0.1, 0.15) is 10.6 Å². The average molecular weight is 844 g/mol. The summed E-state index contributed by atoms with van der Waals surface area (Å²) >= 11 is 0. The molecular weight excluding hydrogens is 800 g/mol. The molecule has 11 nitrogen and oxygen atoms in total. The fourth-order valence-electron chi connectivity index (χ4n) is 5.88. The summed E-state index contributed by atoms with van der Waals surface area (Å²) in [6.45, 7) is 2.21. The molecule has 312 valence electrons. The summed E-state index contributed by atoms with van der Waals surface area (Å²) in [7, 11) is -10.8. The molecule has 0 aliphatic carbocycles. The van der Waals surface area contributed by atoms with Crippen LogP contribution in [0.5, 0.6) is 5.75 Å². The van der Waals surface area contributed by atoms with Crippen LogP contribution in [0.1, 0.15) is 102 Å². The third-order valence-corrected chi connectivity index (χ3v) is 10.7. The van der Waals surface area contributed by atoms with Crippen molar-refractivity contribution in [3.63, 3.8) is 0 Å². The number of phenolic OH excluding ortho intramolecular Hbond substituents is 1. The number of aromatic hydroxyl groups is 1. The molecule has 3 aromatic carbocycles. The zero-order chi connectivity index (χ0) is 42.0. The molecule has 4 N–H and O–H groups in total. The Balaban J connectivity index is 1.78. The topological polar surface area (TPSA) is 183 Å². The van der Waals surface area contributed by atoms with Gasteiger partial charge in [0.05, 0.1) is 16.3 Å². The number of hydrogen-bond acceptors (Lipinski definition) is 8. The van der Waals surface area contributed by atoms with Crippen molar-refractivity contribution in [1.29, 1.82) is 0 Å². The summed E-state index contributed by atoms with van der Waals surface area (Å²) in [4.78, 5) is 9.59. The second-order valence-corrected chi connectivity index (χ2v) is 16.2. The predicted molar refractivity (Wildman–Crippen MR) is 194 cm³/mol. The van der Waals surface area contributed by atoms with E-state index in [1.807, 2.05) is 0 Å². The Morgan fingerprint density at radius 1 is 0.696 bits per heavy atom. The normalized spacial score (nSPS) is 13.2. The van der Waals surface area contributed by atoms with Crippen molar-refractivity contribution in [2.24, 2.45) is 10.2 Å². The SMILES string of the molecule is CCCCCCCCCCCCCCCCc1ccc(N=Nc2c(S(=O)(=O)O)cc3cc(S(=O)(=O)O)cc(NC(=O)C(F)(F)C(F)(F)C(F)(F)F)c3c2O)cc1. The zero-order valence-electron chi connectivity index (χ0n) is 30.4. The standard InChI is InChI=1S/C36H44F7N3O8S2/c1-2-3-4-5-6-7-8-9-10-11-12-13-14-15-16-24-17-19-26(20-18-24)45-46-31-29(56(52,53)54)22-25-21-27(55(49,50)51)23-28(30(25)32(31)47)44-33(48)34(37,38)35(39,40)36(41,42)43/h17-23,47H,2-16H2,1H3,(H,44,48)(H,49,50,51)(H,52,53,54). The lowest BCUT2D eigenvalue weighted by Gasteiger charge is -2.27. The van der Waals surface area contributed by atoms with Crippen LogP contribution in [0.15, 0.2) is 62.5 Å². The Labute approximate surface area is 320 Å². The van der Waals surface area contributed by atoms with E-state index in [0.717, 1.165) is 43.0 Å². The van der Waals surface area contributed by atoms with E-state index < -0.39 is 81.9 Å². The Hall–Kier alpha value is -3.88. The highest BCUT2D eigenvalue weighted by Crippen LogP contribution is 2.49. The first-order valence-corrected chi connectivity index (χ1v) is 20.8. The van der Waals surface area contributed by atoms with Crippen LogP contribution in [-0.2, 0) is 31.5 Å². The number of halogens is 7. The smallest absolute Gasteiger partial charge is 0.460 e. The maximum Gasteiger partial charge on any atom is 0.460 e. The van der Waals surface area contributed by atoms with E-state index >= 15 is 0 Å². The molecule has 3 aromatic rings. The minimum Gasteiger partial charge on any atom is -0.505 e. The van der Waals surface area contributed by atoms with E-state index in [9.17, 15) is 66.6 Å². The first-order valence-electron chi connectivity index (χ1n) is 18.0. The highest BCUT2D eigenvalue weighted by molar-refractivity contribution is 7.86. The van der Waals surface area contributed by atoms with Gasteiger partial charge in [0, 0.05) is 5.39 Å². The minimum absolute atomic E-state index is 0.0692. The highest BCUT2D eigenvalue weighted by atomic mass is 32.2. The van der Waals surface area contributed by atoms with Crippen LogP contribution < -0.4 is 5.32 Å². The van der Waals surface area contributed by atoms with Crippen molar-refractivity contribution in [2.75, 3.05) is 5.32 Å². The Kier molecular flexibility index (Phi) is 16.2. The summed E-state index contributed by atoms with van der Waals surface area (Å²) in [6.07, 6.45) is 10.7. The molecule has 3 rings (SSSR count). The second-order valence-electron chi connectivity index (χ2n) is 13.4. The van der Waals surface area contributed by atoms with E-state index in [1.54, 1.807) is 12.1 Å². The number of fused-ring (bicyclic) bond motifs is 1. The van der Waals surface area contributed by atoms with Crippen molar-refractivity contribution in [3.05, 3.63) is 48.0 Å². The fraction of sp³-hybridized carbons (Fsp3) is 0.528. The maximum atomic E-state index is 14.2. The number of unbranched alkanes of at least 4 members (excludes halogenated alkanes) is 13. The number of aryl methyl sites for hydroxylation is 1. The monoisotopic (exact) mass is 843 g/mol. The van der Waals surface area contributed by atoms with E-state index in [-0.39, 0.29) is 11.8 Å². The Bertz CT molecular complexity index is 2060. The quantitative estimate of drug-likeness (QED) is 0.0333. The molecule has 0 saturated heterocycles. The molecule has 56 heavy (non-hydrogen) atoms. The van der Waals surface area contributed by atoms with Gasteiger partial charge in [-0.2, -0.15) is 52.7 Å². The van der Waals surface area contributed by atoms with Crippen molar-refractivity contribution in [3.8, 4) is 5.75 Å². The van der Waals surface area contributed by atoms with Crippen LogP contribution in [0.3, 0.4) is 0 Å². The van der Waals surface area contributed by atoms with E-state index in [4.69, 9.17) is 0 Å². The molecule has 0 heterocycles.